The van der Waals surface area contributed by atoms with Crippen molar-refractivity contribution in [3.63, 3.8) is 0 Å². The van der Waals surface area contributed by atoms with Gasteiger partial charge >= 0.3 is 0 Å². The van der Waals surface area contributed by atoms with Crippen LogP contribution in [-0.2, 0) is 4.74 Å². The lowest BCUT2D eigenvalue weighted by molar-refractivity contribution is 0.0126. The van der Waals surface area contributed by atoms with Gasteiger partial charge in [0.2, 0.25) is 0 Å². The molecule has 3 aliphatic rings. The van der Waals surface area contributed by atoms with Crippen molar-refractivity contribution in [2.45, 2.75) is 161 Å². The van der Waals surface area contributed by atoms with Crippen LogP contribution in [0.25, 0.3) is 0 Å². The molecule has 0 unspecified atom stereocenters. The molecule has 3 aliphatic carbocycles. The average Bonchev–Trinajstić information content (AvgIpc) is 2.83. The first-order valence-corrected chi connectivity index (χ1v) is 15.4. The molecule has 3 fully saturated rings. The fraction of sp³-hybridized carbons (Fsp3) is 1.00. The first kappa shape index (κ1) is 26.6. The molecule has 3 saturated carbocycles. The van der Waals surface area contributed by atoms with Crippen molar-refractivity contribution in [2.75, 3.05) is 6.61 Å². The van der Waals surface area contributed by atoms with Crippen LogP contribution in [0.15, 0.2) is 0 Å². The Balaban J connectivity index is 1.15. The van der Waals surface area contributed by atoms with Gasteiger partial charge in [0.25, 0.3) is 0 Å². The second-order valence-corrected chi connectivity index (χ2v) is 12.3. The van der Waals surface area contributed by atoms with Crippen LogP contribution in [0.5, 0.6) is 0 Å². The molecule has 3 rings (SSSR count). The Morgan fingerprint density at radius 2 is 0.875 bits per heavy atom. The molecule has 32 heavy (non-hydrogen) atoms. The molecule has 1 heteroatoms. The van der Waals surface area contributed by atoms with E-state index in [2.05, 4.69) is 13.8 Å². The summed E-state index contributed by atoms with van der Waals surface area (Å²) in [6.45, 7) is 5.71. The third-order valence-corrected chi connectivity index (χ3v) is 9.73. The van der Waals surface area contributed by atoms with E-state index in [1.165, 1.54) is 141 Å². The van der Waals surface area contributed by atoms with E-state index in [0.717, 1.165) is 36.2 Å². The number of hydrogen-bond acceptors (Lipinski definition) is 1. The van der Waals surface area contributed by atoms with Crippen molar-refractivity contribution in [3.05, 3.63) is 0 Å². The molecule has 0 amide bonds. The number of rotatable bonds is 14. The topological polar surface area (TPSA) is 9.23 Å². The second kappa shape index (κ2) is 15.8. The summed E-state index contributed by atoms with van der Waals surface area (Å²) in [7, 11) is 0. The van der Waals surface area contributed by atoms with Crippen LogP contribution < -0.4 is 0 Å². The van der Waals surface area contributed by atoms with E-state index >= 15 is 0 Å². The van der Waals surface area contributed by atoms with Gasteiger partial charge in [0.05, 0.1) is 6.10 Å². The minimum Gasteiger partial charge on any atom is -0.378 e. The van der Waals surface area contributed by atoms with Crippen molar-refractivity contribution in [1.29, 1.82) is 0 Å². The highest BCUT2D eigenvalue weighted by molar-refractivity contribution is 4.77. The lowest BCUT2D eigenvalue weighted by atomic mass is 9.76. The Morgan fingerprint density at radius 3 is 1.38 bits per heavy atom. The number of ether oxygens (including phenoxy) is 1. The van der Waals surface area contributed by atoms with Crippen LogP contribution in [0.4, 0.5) is 0 Å². The summed E-state index contributed by atoms with van der Waals surface area (Å²) >= 11 is 0. The molecular weight excluding hydrogens is 388 g/mol. The van der Waals surface area contributed by atoms with Crippen LogP contribution in [0.2, 0.25) is 0 Å². The quantitative estimate of drug-likeness (QED) is 0.241. The van der Waals surface area contributed by atoms with Gasteiger partial charge in [-0.1, -0.05) is 117 Å². The van der Waals surface area contributed by atoms with Crippen LogP contribution in [0.3, 0.4) is 0 Å². The third-order valence-electron chi connectivity index (χ3n) is 9.73. The molecule has 0 aromatic carbocycles. The van der Waals surface area contributed by atoms with Gasteiger partial charge < -0.3 is 4.74 Å². The van der Waals surface area contributed by atoms with Gasteiger partial charge in [-0.15, -0.1) is 0 Å². The minimum absolute atomic E-state index is 0.588. The predicted octanol–water partition coefficient (Wildman–Crippen LogP) is 10.1. The van der Waals surface area contributed by atoms with E-state index in [1.807, 2.05) is 0 Å². The maximum absolute atomic E-state index is 6.34. The van der Waals surface area contributed by atoms with Gasteiger partial charge in [0.15, 0.2) is 0 Å². The Hall–Kier alpha value is -0.0400. The Bertz CT molecular complexity index is 435. The molecule has 0 spiro atoms. The first-order chi connectivity index (χ1) is 15.8. The van der Waals surface area contributed by atoms with Gasteiger partial charge in [0, 0.05) is 6.61 Å². The standard InChI is InChI=1S/C31H58O/c1-3-5-6-9-27-13-15-28(16-14-27)10-7-25-32-31-23-21-30(22-24-31)20-19-29-17-11-26(8-4-2)12-18-29/h26-31H,3-25H2,1-2H3. The van der Waals surface area contributed by atoms with Crippen molar-refractivity contribution < 1.29 is 4.74 Å². The molecule has 0 N–H and O–H groups in total. The van der Waals surface area contributed by atoms with E-state index in [0.29, 0.717) is 6.10 Å². The SMILES string of the molecule is CCCCCC1CCC(CCCOC2CCC(CCC3CCC(CCC)CC3)CC2)CC1. The van der Waals surface area contributed by atoms with Gasteiger partial charge in [-0.3, -0.25) is 0 Å². The predicted molar refractivity (Wildman–Crippen MR) is 140 cm³/mol. The van der Waals surface area contributed by atoms with Crippen molar-refractivity contribution >= 4 is 0 Å². The monoisotopic (exact) mass is 446 g/mol. The van der Waals surface area contributed by atoms with E-state index < -0.39 is 0 Å². The zero-order chi connectivity index (χ0) is 22.4. The van der Waals surface area contributed by atoms with Gasteiger partial charge in [0.1, 0.15) is 0 Å². The van der Waals surface area contributed by atoms with Crippen LogP contribution >= 0.6 is 0 Å². The smallest absolute Gasteiger partial charge is 0.0575 e. The molecule has 0 aromatic heterocycles. The molecule has 0 saturated heterocycles. The lowest BCUT2D eigenvalue weighted by Gasteiger charge is -2.32. The van der Waals surface area contributed by atoms with Crippen molar-refractivity contribution in [2.24, 2.45) is 29.6 Å². The summed E-state index contributed by atoms with van der Waals surface area (Å²) in [4.78, 5) is 0. The third kappa shape index (κ3) is 10.1. The summed E-state index contributed by atoms with van der Waals surface area (Å²) in [5.74, 6) is 5.20. The minimum atomic E-state index is 0.588. The molecule has 0 bridgehead atoms. The molecule has 0 radical (unpaired) electrons. The highest BCUT2D eigenvalue weighted by Gasteiger charge is 2.25. The summed E-state index contributed by atoms with van der Waals surface area (Å²) < 4.78 is 6.34. The normalized spacial score (nSPS) is 33.9. The zero-order valence-corrected chi connectivity index (χ0v) is 22.1. The molecule has 1 nitrogen and oxygen atoms in total. The van der Waals surface area contributed by atoms with Crippen LogP contribution in [0, 0.1) is 29.6 Å². The Morgan fingerprint density at radius 1 is 0.438 bits per heavy atom. The molecule has 0 aromatic rings. The highest BCUT2D eigenvalue weighted by Crippen LogP contribution is 2.37. The molecule has 188 valence electrons. The summed E-state index contributed by atoms with van der Waals surface area (Å²) in [6, 6.07) is 0. The average molecular weight is 447 g/mol. The molecule has 0 aliphatic heterocycles. The van der Waals surface area contributed by atoms with Gasteiger partial charge in [-0.2, -0.15) is 0 Å². The molecule has 0 atom stereocenters. The van der Waals surface area contributed by atoms with Crippen LogP contribution in [0.1, 0.15) is 155 Å². The second-order valence-electron chi connectivity index (χ2n) is 12.3. The van der Waals surface area contributed by atoms with Crippen molar-refractivity contribution in [3.8, 4) is 0 Å². The van der Waals surface area contributed by atoms with E-state index in [9.17, 15) is 0 Å². The van der Waals surface area contributed by atoms with E-state index in [-0.39, 0.29) is 0 Å². The first-order valence-electron chi connectivity index (χ1n) is 15.4. The largest absolute Gasteiger partial charge is 0.378 e. The molecule has 0 heterocycles. The summed E-state index contributed by atoms with van der Waals surface area (Å²) in [5.41, 5.74) is 0. The maximum Gasteiger partial charge on any atom is 0.0575 e. The fourth-order valence-corrected chi connectivity index (χ4v) is 7.39. The number of hydrogen-bond donors (Lipinski definition) is 0. The van der Waals surface area contributed by atoms with Crippen molar-refractivity contribution in [1.82, 2.24) is 0 Å². The lowest BCUT2D eigenvalue weighted by Crippen LogP contribution is -2.23. The van der Waals surface area contributed by atoms with E-state index in [4.69, 9.17) is 4.74 Å². The summed E-state index contributed by atoms with van der Waals surface area (Å²) in [6.07, 6.45) is 32.8. The van der Waals surface area contributed by atoms with Crippen LogP contribution in [-0.4, -0.2) is 12.7 Å². The van der Waals surface area contributed by atoms with Gasteiger partial charge in [-0.05, 0) is 68.1 Å². The summed E-state index contributed by atoms with van der Waals surface area (Å²) in [5, 5.41) is 0. The fourth-order valence-electron chi connectivity index (χ4n) is 7.39. The van der Waals surface area contributed by atoms with E-state index in [1.54, 1.807) is 0 Å². The Labute approximate surface area is 202 Å². The molecular formula is C31H58O. The number of unbranched alkanes of at least 4 members (excludes halogenated alkanes) is 2. The Kier molecular flexibility index (Phi) is 13.1. The maximum atomic E-state index is 6.34. The van der Waals surface area contributed by atoms with Gasteiger partial charge in [-0.25, -0.2) is 0 Å². The zero-order valence-electron chi connectivity index (χ0n) is 22.1. The highest BCUT2D eigenvalue weighted by atomic mass is 16.5.